The molecule has 0 fully saturated rings. The molecule has 1 heterocycles. The molecule has 0 atom stereocenters. The van der Waals surface area contributed by atoms with Gasteiger partial charge >= 0.3 is 0 Å². The van der Waals surface area contributed by atoms with Crippen molar-refractivity contribution in [2.45, 2.75) is 6.92 Å². The van der Waals surface area contributed by atoms with E-state index < -0.39 is 5.91 Å². The van der Waals surface area contributed by atoms with Crippen molar-refractivity contribution in [1.82, 2.24) is 5.43 Å². The van der Waals surface area contributed by atoms with E-state index >= 15 is 0 Å². The molecule has 0 saturated heterocycles. The summed E-state index contributed by atoms with van der Waals surface area (Å²) in [5.41, 5.74) is 4.14. The lowest BCUT2D eigenvalue weighted by Gasteiger charge is -2.01. The van der Waals surface area contributed by atoms with E-state index in [0.717, 1.165) is 21.7 Å². The number of furan rings is 1. The van der Waals surface area contributed by atoms with Crippen LogP contribution in [0.4, 0.5) is 0 Å². The Morgan fingerprint density at radius 3 is 2.69 bits per heavy atom. The molecule has 1 aromatic heterocycles. The second-order valence-corrected chi connectivity index (χ2v) is 6.00. The lowest BCUT2D eigenvalue weighted by molar-refractivity contribution is 0.0954. The van der Waals surface area contributed by atoms with Crippen LogP contribution in [0.15, 0.2) is 76.2 Å². The minimum absolute atomic E-state index is 0.0301. The van der Waals surface area contributed by atoms with Gasteiger partial charge < -0.3 is 9.52 Å². The number of hydrazone groups is 1. The molecule has 0 unspecified atom stereocenters. The Labute approximate surface area is 149 Å². The van der Waals surface area contributed by atoms with Crippen LogP contribution < -0.4 is 5.43 Å². The van der Waals surface area contributed by atoms with Crippen LogP contribution >= 0.6 is 0 Å². The van der Waals surface area contributed by atoms with Crippen molar-refractivity contribution in [1.29, 1.82) is 0 Å². The third kappa shape index (κ3) is 2.91. The normalized spacial score (nSPS) is 11.8. The van der Waals surface area contributed by atoms with Gasteiger partial charge in [0.1, 0.15) is 17.0 Å². The summed E-state index contributed by atoms with van der Waals surface area (Å²) in [4.78, 5) is 12.1. The number of nitrogens with zero attached hydrogens (tertiary/aromatic N) is 1. The first-order valence-electron chi connectivity index (χ1n) is 8.17. The number of fused-ring (bicyclic) bond motifs is 3. The van der Waals surface area contributed by atoms with E-state index in [2.05, 4.69) is 16.6 Å². The van der Waals surface area contributed by atoms with Gasteiger partial charge in [0.2, 0.25) is 0 Å². The van der Waals surface area contributed by atoms with Crippen LogP contribution in [0.25, 0.3) is 21.7 Å². The number of rotatable bonds is 3. The van der Waals surface area contributed by atoms with Gasteiger partial charge in [0.15, 0.2) is 5.76 Å². The molecule has 0 radical (unpaired) electrons. The average Bonchev–Trinajstić information content (AvgIpc) is 3.11. The molecule has 3 aromatic carbocycles. The van der Waals surface area contributed by atoms with E-state index in [9.17, 15) is 9.90 Å². The fraction of sp³-hybridized carbons (Fsp3) is 0.0476. The number of carbonyl (C=O) groups is 1. The number of carbonyl (C=O) groups excluding carboxylic acids is 1. The molecule has 128 valence electrons. The van der Waals surface area contributed by atoms with Crippen LogP contribution in [0.5, 0.6) is 5.75 Å². The standard InChI is InChI=1S/C21H16N2O3/c1-13(22-23-21(25)15-6-4-7-16(24)11-15)20-12-18-17-8-3-2-5-14(17)9-10-19(18)26-20/h2-12,24H,1H3,(H,23,25)/b22-13-. The Hall–Kier alpha value is -3.60. The molecule has 5 nitrogen and oxygen atoms in total. The maximum atomic E-state index is 12.1. The predicted molar refractivity (Wildman–Crippen MR) is 102 cm³/mol. The van der Waals surface area contributed by atoms with E-state index in [1.54, 1.807) is 19.1 Å². The fourth-order valence-corrected chi connectivity index (χ4v) is 2.87. The Morgan fingerprint density at radius 1 is 1.00 bits per heavy atom. The van der Waals surface area contributed by atoms with Gasteiger partial charge in [-0.1, -0.05) is 36.4 Å². The molecular weight excluding hydrogens is 328 g/mol. The summed E-state index contributed by atoms with van der Waals surface area (Å²) in [5.74, 6) is 0.219. The number of aromatic hydroxyl groups is 1. The van der Waals surface area contributed by atoms with E-state index in [-0.39, 0.29) is 5.75 Å². The summed E-state index contributed by atoms with van der Waals surface area (Å²) in [7, 11) is 0. The number of phenolic OH excluding ortho intramolecular Hbond substituents is 1. The molecule has 0 aliphatic rings. The number of amides is 1. The molecule has 26 heavy (non-hydrogen) atoms. The minimum atomic E-state index is -0.401. The van der Waals surface area contributed by atoms with Crippen molar-refractivity contribution in [3.05, 3.63) is 78.1 Å². The van der Waals surface area contributed by atoms with Crippen molar-refractivity contribution in [2.75, 3.05) is 0 Å². The fourth-order valence-electron chi connectivity index (χ4n) is 2.87. The van der Waals surface area contributed by atoms with Crippen LogP contribution in [-0.4, -0.2) is 16.7 Å². The van der Waals surface area contributed by atoms with Gasteiger partial charge in [0.05, 0.1) is 0 Å². The molecule has 0 spiro atoms. The van der Waals surface area contributed by atoms with Crippen molar-refractivity contribution in [3.8, 4) is 5.75 Å². The summed E-state index contributed by atoms with van der Waals surface area (Å²) in [5, 5.41) is 16.8. The first-order valence-corrected chi connectivity index (χ1v) is 8.17. The number of hydrogen-bond donors (Lipinski definition) is 2. The highest BCUT2D eigenvalue weighted by Crippen LogP contribution is 2.28. The average molecular weight is 344 g/mol. The molecule has 4 aromatic rings. The van der Waals surface area contributed by atoms with Crippen LogP contribution in [0, 0.1) is 0 Å². The quantitative estimate of drug-likeness (QED) is 0.426. The van der Waals surface area contributed by atoms with E-state index in [0.29, 0.717) is 17.0 Å². The van der Waals surface area contributed by atoms with Crippen molar-refractivity contribution in [2.24, 2.45) is 5.10 Å². The van der Waals surface area contributed by atoms with Gasteiger partial charge in [-0.05, 0) is 48.0 Å². The summed E-state index contributed by atoms with van der Waals surface area (Å²) in [6.45, 7) is 1.77. The third-order valence-electron chi connectivity index (χ3n) is 4.22. The second-order valence-electron chi connectivity index (χ2n) is 6.00. The number of hydrogen-bond acceptors (Lipinski definition) is 4. The summed E-state index contributed by atoms with van der Waals surface area (Å²) in [6.07, 6.45) is 0. The van der Waals surface area contributed by atoms with Crippen molar-refractivity contribution >= 4 is 33.4 Å². The Bertz CT molecular complexity index is 1160. The smallest absolute Gasteiger partial charge is 0.271 e. The summed E-state index contributed by atoms with van der Waals surface area (Å²) in [6, 6.07) is 20.1. The zero-order valence-electron chi connectivity index (χ0n) is 14.1. The summed E-state index contributed by atoms with van der Waals surface area (Å²) >= 11 is 0. The summed E-state index contributed by atoms with van der Waals surface area (Å²) < 4.78 is 5.87. The van der Waals surface area contributed by atoms with Gasteiger partial charge in [-0.3, -0.25) is 4.79 Å². The number of phenols is 1. The molecule has 0 bridgehead atoms. The lowest BCUT2D eigenvalue weighted by Crippen LogP contribution is -2.19. The van der Waals surface area contributed by atoms with Gasteiger partial charge in [-0.15, -0.1) is 0 Å². The highest BCUT2D eigenvalue weighted by atomic mass is 16.3. The first-order chi connectivity index (χ1) is 12.6. The molecule has 0 aliphatic heterocycles. The number of nitrogens with one attached hydrogen (secondary N) is 1. The zero-order valence-corrected chi connectivity index (χ0v) is 14.1. The molecule has 0 saturated carbocycles. The van der Waals surface area contributed by atoms with E-state index in [1.165, 1.54) is 12.1 Å². The van der Waals surface area contributed by atoms with Gasteiger partial charge in [-0.2, -0.15) is 5.10 Å². The Balaban J connectivity index is 1.63. The van der Waals surface area contributed by atoms with Crippen LogP contribution in [0.1, 0.15) is 23.0 Å². The predicted octanol–water partition coefficient (Wildman–Crippen LogP) is 4.45. The molecule has 2 N–H and O–H groups in total. The minimum Gasteiger partial charge on any atom is -0.508 e. The van der Waals surface area contributed by atoms with Crippen LogP contribution in [0.2, 0.25) is 0 Å². The Kier molecular flexibility index (Phi) is 3.89. The maximum absolute atomic E-state index is 12.1. The van der Waals surface area contributed by atoms with Crippen molar-refractivity contribution < 1.29 is 14.3 Å². The topological polar surface area (TPSA) is 74.8 Å². The molecule has 4 rings (SSSR count). The molecule has 1 amide bonds. The highest BCUT2D eigenvalue weighted by molar-refractivity contribution is 6.09. The van der Waals surface area contributed by atoms with Gasteiger partial charge in [0, 0.05) is 10.9 Å². The maximum Gasteiger partial charge on any atom is 0.271 e. The first kappa shape index (κ1) is 15.9. The van der Waals surface area contributed by atoms with Gasteiger partial charge in [0.25, 0.3) is 5.91 Å². The van der Waals surface area contributed by atoms with Gasteiger partial charge in [-0.25, -0.2) is 5.43 Å². The SMILES string of the molecule is C/C(=N/NC(=O)c1cccc(O)c1)c1cc2c(ccc3ccccc32)o1. The lowest BCUT2D eigenvalue weighted by atomic mass is 10.1. The third-order valence-corrected chi connectivity index (χ3v) is 4.22. The van der Waals surface area contributed by atoms with Crippen LogP contribution in [0.3, 0.4) is 0 Å². The number of benzene rings is 3. The molecule has 0 aliphatic carbocycles. The highest BCUT2D eigenvalue weighted by Gasteiger charge is 2.11. The second kappa shape index (κ2) is 6.37. The Morgan fingerprint density at radius 2 is 1.85 bits per heavy atom. The largest absolute Gasteiger partial charge is 0.508 e. The van der Waals surface area contributed by atoms with Crippen molar-refractivity contribution in [3.63, 3.8) is 0 Å². The molecular formula is C21H16N2O3. The van der Waals surface area contributed by atoms with E-state index in [4.69, 9.17) is 4.42 Å². The molecule has 5 heteroatoms. The zero-order chi connectivity index (χ0) is 18.1. The van der Waals surface area contributed by atoms with Crippen LogP contribution in [-0.2, 0) is 0 Å². The van der Waals surface area contributed by atoms with E-state index in [1.807, 2.05) is 36.4 Å². The monoisotopic (exact) mass is 344 g/mol.